The van der Waals surface area contributed by atoms with Gasteiger partial charge in [0, 0.05) is 5.56 Å². The van der Waals surface area contributed by atoms with Gasteiger partial charge < -0.3 is 14.2 Å². The number of hydrogen-bond donors (Lipinski definition) is 0. The molecule has 7 nitrogen and oxygen atoms in total. The highest BCUT2D eigenvalue weighted by atomic mass is 16.5. The molecule has 0 saturated heterocycles. The number of aryl methyl sites for hydroxylation is 1. The molecule has 0 bridgehead atoms. The van der Waals surface area contributed by atoms with Gasteiger partial charge in [0.25, 0.3) is 5.56 Å². The van der Waals surface area contributed by atoms with Gasteiger partial charge in [-0.2, -0.15) is 9.78 Å². The number of rotatable bonds is 5. The van der Waals surface area contributed by atoms with E-state index in [0.717, 1.165) is 0 Å². The minimum Gasteiger partial charge on any atom is -0.493 e. The third-order valence-corrected chi connectivity index (χ3v) is 3.92. The smallest absolute Gasteiger partial charge is 0.282 e. The average molecular weight is 353 g/mol. The molecule has 0 radical (unpaired) electrons. The molecule has 0 saturated carbocycles. The molecule has 7 heteroatoms. The van der Waals surface area contributed by atoms with Gasteiger partial charge >= 0.3 is 0 Å². The molecule has 3 rings (SSSR count). The average Bonchev–Trinajstić information content (AvgIpc) is 2.66. The summed E-state index contributed by atoms with van der Waals surface area (Å²) in [7, 11) is 4.62. The third-order valence-electron chi connectivity index (χ3n) is 3.92. The third kappa shape index (κ3) is 3.11. The normalized spacial score (nSPS) is 11.1. The van der Waals surface area contributed by atoms with E-state index in [9.17, 15) is 4.79 Å². The maximum atomic E-state index is 12.7. The zero-order chi connectivity index (χ0) is 18.7. The number of methoxy groups -OCH3 is 3. The van der Waals surface area contributed by atoms with Crippen molar-refractivity contribution < 1.29 is 14.2 Å². The van der Waals surface area contributed by atoms with E-state index in [4.69, 9.17) is 14.2 Å². The maximum absolute atomic E-state index is 12.7. The summed E-state index contributed by atoms with van der Waals surface area (Å²) in [5.74, 6) is 2.01. The fourth-order valence-electron chi connectivity index (χ4n) is 2.67. The van der Waals surface area contributed by atoms with E-state index in [1.807, 2.05) is 6.07 Å². The van der Waals surface area contributed by atoms with Crippen molar-refractivity contribution in [3.63, 3.8) is 0 Å². The SMILES string of the molecule is COc1cc(/C=N\n2c(C)nc3ccccc3c2=O)cc(OC)c1OC. The van der Waals surface area contributed by atoms with Gasteiger partial charge in [0.15, 0.2) is 11.5 Å². The van der Waals surface area contributed by atoms with Gasteiger partial charge in [-0.15, -0.1) is 0 Å². The van der Waals surface area contributed by atoms with Crippen molar-refractivity contribution in [2.45, 2.75) is 6.92 Å². The van der Waals surface area contributed by atoms with Gasteiger partial charge in [0.05, 0.1) is 38.4 Å². The summed E-state index contributed by atoms with van der Waals surface area (Å²) in [6, 6.07) is 10.7. The Kier molecular flexibility index (Phi) is 4.88. The molecule has 0 unspecified atom stereocenters. The molecule has 134 valence electrons. The molecule has 0 aliphatic rings. The van der Waals surface area contributed by atoms with Crippen LogP contribution in [0.2, 0.25) is 0 Å². The largest absolute Gasteiger partial charge is 0.493 e. The minimum absolute atomic E-state index is 0.225. The summed E-state index contributed by atoms with van der Waals surface area (Å²) in [6.07, 6.45) is 1.55. The summed E-state index contributed by atoms with van der Waals surface area (Å²) in [4.78, 5) is 17.1. The van der Waals surface area contributed by atoms with E-state index in [0.29, 0.717) is 39.5 Å². The highest BCUT2D eigenvalue weighted by molar-refractivity contribution is 5.83. The van der Waals surface area contributed by atoms with Crippen LogP contribution < -0.4 is 19.8 Å². The van der Waals surface area contributed by atoms with Crippen LogP contribution in [-0.4, -0.2) is 37.2 Å². The van der Waals surface area contributed by atoms with Crippen molar-refractivity contribution in [3.8, 4) is 17.2 Å². The van der Waals surface area contributed by atoms with E-state index in [1.165, 1.54) is 11.8 Å². The summed E-state index contributed by atoms with van der Waals surface area (Å²) in [5, 5.41) is 4.81. The Labute approximate surface area is 150 Å². The van der Waals surface area contributed by atoms with E-state index < -0.39 is 0 Å². The Morgan fingerprint density at radius 3 is 2.31 bits per heavy atom. The second-order valence-corrected chi connectivity index (χ2v) is 5.50. The second kappa shape index (κ2) is 7.26. The minimum atomic E-state index is -0.225. The van der Waals surface area contributed by atoms with E-state index in [2.05, 4.69) is 10.1 Å². The first-order valence-electron chi connectivity index (χ1n) is 7.91. The fourth-order valence-corrected chi connectivity index (χ4v) is 2.67. The monoisotopic (exact) mass is 353 g/mol. The Morgan fingerprint density at radius 1 is 1.04 bits per heavy atom. The molecule has 3 aromatic rings. The van der Waals surface area contributed by atoms with E-state index in [-0.39, 0.29) is 5.56 Å². The molecule has 0 spiro atoms. The zero-order valence-electron chi connectivity index (χ0n) is 15.0. The fraction of sp³-hybridized carbons (Fsp3) is 0.211. The lowest BCUT2D eigenvalue weighted by Crippen LogP contribution is -2.20. The van der Waals surface area contributed by atoms with Crippen molar-refractivity contribution in [3.05, 3.63) is 58.1 Å². The molecule has 1 heterocycles. The van der Waals surface area contributed by atoms with Crippen molar-refractivity contribution >= 4 is 17.1 Å². The summed E-state index contributed by atoms with van der Waals surface area (Å²) >= 11 is 0. The summed E-state index contributed by atoms with van der Waals surface area (Å²) in [5.41, 5.74) is 1.12. The Hall–Kier alpha value is -3.35. The molecule has 0 aliphatic carbocycles. The molecule has 2 aromatic carbocycles. The van der Waals surface area contributed by atoms with E-state index in [1.54, 1.807) is 57.7 Å². The molecule has 0 N–H and O–H groups in total. The molecule has 0 aliphatic heterocycles. The van der Waals surface area contributed by atoms with Crippen LogP contribution in [0.4, 0.5) is 0 Å². The van der Waals surface area contributed by atoms with Crippen molar-refractivity contribution in [2.24, 2.45) is 5.10 Å². The first-order valence-corrected chi connectivity index (χ1v) is 7.91. The number of benzene rings is 2. The van der Waals surface area contributed by atoms with Gasteiger partial charge in [-0.1, -0.05) is 12.1 Å². The summed E-state index contributed by atoms with van der Waals surface area (Å²) in [6.45, 7) is 1.74. The van der Waals surface area contributed by atoms with Crippen molar-refractivity contribution in [1.82, 2.24) is 9.66 Å². The molecule has 0 amide bonds. The van der Waals surface area contributed by atoms with Crippen LogP contribution in [0.3, 0.4) is 0 Å². The topological polar surface area (TPSA) is 74.9 Å². The lowest BCUT2D eigenvalue weighted by Gasteiger charge is -2.12. The van der Waals surface area contributed by atoms with Crippen LogP contribution >= 0.6 is 0 Å². The van der Waals surface area contributed by atoms with Gasteiger partial charge in [-0.3, -0.25) is 4.79 Å². The molecule has 1 aromatic heterocycles. The first-order chi connectivity index (χ1) is 12.6. The van der Waals surface area contributed by atoms with E-state index >= 15 is 0 Å². The standard InChI is InChI=1S/C19H19N3O4/c1-12-21-15-8-6-5-7-14(15)19(23)22(12)20-11-13-9-16(24-2)18(26-4)17(10-13)25-3/h5-11H,1-4H3/b20-11-. The van der Waals surface area contributed by atoms with Crippen molar-refractivity contribution in [2.75, 3.05) is 21.3 Å². The van der Waals surface area contributed by atoms with Crippen LogP contribution in [0.25, 0.3) is 10.9 Å². The molecule has 26 heavy (non-hydrogen) atoms. The van der Waals surface area contributed by atoms with Crippen molar-refractivity contribution in [1.29, 1.82) is 0 Å². The number of para-hydroxylation sites is 1. The van der Waals surface area contributed by atoms with Gasteiger partial charge in [0.1, 0.15) is 5.82 Å². The van der Waals surface area contributed by atoms with Crippen LogP contribution in [0.15, 0.2) is 46.3 Å². The van der Waals surface area contributed by atoms with Gasteiger partial charge in [-0.25, -0.2) is 4.98 Å². The highest BCUT2D eigenvalue weighted by Gasteiger charge is 2.12. The molecule has 0 atom stereocenters. The number of hydrogen-bond acceptors (Lipinski definition) is 6. The molecular formula is C19H19N3O4. The Morgan fingerprint density at radius 2 is 1.69 bits per heavy atom. The van der Waals surface area contributed by atoms with Gasteiger partial charge in [0.2, 0.25) is 5.75 Å². The lowest BCUT2D eigenvalue weighted by atomic mass is 10.2. The summed E-state index contributed by atoms with van der Waals surface area (Å²) < 4.78 is 17.2. The maximum Gasteiger partial charge on any atom is 0.282 e. The van der Waals surface area contributed by atoms with Gasteiger partial charge in [-0.05, 0) is 31.2 Å². The second-order valence-electron chi connectivity index (χ2n) is 5.50. The number of aromatic nitrogens is 2. The Bertz CT molecular complexity index is 1020. The Balaban J connectivity index is 2.08. The van der Waals surface area contributed by atoms with Crippen LogP contribution in [0.5, 0.6) is 17.2 Å². The number of ether oxygens (including phenoxy) is 3. The molecular weight excluding hydrogens is 334 g/mol. The zero-order valence-corrected chi connectivity index (χ0v) is 15.0. The van der Waals surface area contributed by atoms with Crippen LogP contribution in [-0.2, 0) is 0 Å². The predicted molar refractivity (Wildman–Crippen MR) is 99.8 cm³/mol. The quantitative estimate of drug-likeness (QED) is 0.659. The van der Waals surface area contributed by atoms with Crippen LogP contribution in [0.1, 0.15) is 11.4 Å². The van der Waals surface area contributed by atoms with Crippen LogP contribution in [0, 0.1) is 6.92 Å². The number of fused-ring (bicyclic) bond motifs is 1. The lowest BCUT2D eigenvalue weighted by molar-refractivity contribution is 0.324. The molecule has 0 fully saturated rings. The first kappa shape index (κ1) is 17.5. The highest BCUT2D eigenvalue weighted by Crippen LogP contribution is 2.37. The predicted octanol–water partition coefficient (Wildman–Crippen LogP) is 2.61. The number of nitrogens with zero attached hydrogens (tertiary/aromatic N) is 3.